The van der Waals surface area contributed by atoms with E-state index in [1.807, 2.05) is 0 Å². The van der Waals surface area contributed by atoms with E-state index in [0.717, 1.165) is 12.1 Å². The topological polar surface area (TPSA) is 46.5 Å². The molecule has 88 valence electrons. The van der Waals surface area contributed by atoms with E-state index >= 15 is 0 Å². The van der Waals surface area contributed by atoms with E-state index in [2.05, 4.69) is 4.74 Å². The van der Waals surface area contributed by atoms with Crippen LogP contribution in [0.15, 0.2) is 12.1 Å². The minimum absolute atomic E-state index is 0.0184. The van der Waals surface area contributed by atoms with Gasteiger partial charge in [-0.3, -0.25) is 0 Å². The Kier molecular flexibility index (Phi) is 3.66. The van der Waals surface area contributed by atoms with Crippen LogP contribution in [0.2, 0.25) is 0 Å². The first-order valence-electron chi connectivity index (χ1n) is 4.00. The van der Waals surface area contributed by atoms with Gasteiger partial charge in [0.2, 0.25) is 0 Å². The van der Waals surface area contributed by atoms with Crippen LogP contribution in [0.3, 0.4) is 0 Å². The van der Waals surface area contributed by atoms with Crippen molar-refractivity contribution in [2.75, 3.05) is 0 Å². The van der Waals surface area contributed by atoms with Crippen molar-refractivity contribution in [2.24, 2.45) is 0 Å². The van der Waals surface area contributed by atoms with Crippen LogP contribution in [-0.2, 0) is 0 Å². The van der Waals surface area contributed by atoms with Crippen molar-refractivity contribution < 1.29 is 27.8 Å². The maximum atomic E-state index is 11.9. The predicted molar refractivity (Wildman–Crippen MR) is 57.5 cm³/mol. The van der Waals surface area contributed by atoms with Gasteiger partial charge >= 0.3 is 12.3 Å². The average Bonchev–Trinajstić information content (AvgIpc) is 1.96. The molecule has 0 saturated heterocycles. The molecule has 16 heavy (non-hydrogen) atoms. The summed E-state index contributed by atoms with van der Waals surface area (Å²) >= 11 is 1.65. The third-order valence-electron chi connectivity index (χ3n) is 1.71. The van der Waals surface area contributed by atoms with Gasteiger partial charge in [0.15, 0.2) is 0 Å². The van der Waals surface area contributed by atoms with Crippen molar-refractivity contribution in [3.05, 3.63) is 26.8 Å². The molecule has 0 bridgehead atoms. The molecule has 0 unspecified atom stereocenters. The van der Waals surface area contributed by atoms with E-state index in [-0.39, 0.29) is 14.7 Å². The van der Waals surface area contributed by atoms with Crippen LogP contribution in [0, 0.1) is 10.5 Å². The summed E-state index contributed by atoms with van der Waals surface area (Å²) in [4.78, 5) is 10.8. The summed E-state index contributed by atoms with van der Waals surface area (Å²) in [5.41, 5.74) is 0.203. The van der Waals surface area contributed by atoms with Gasteiger partial charge in [0.1, 0.15) is 5.75 Å². The number of alkyl halides is 3. The Hall–Kier alpha value is -0.990. The number of carbonyl (C=O) groups is 1. The molecule has 3 nitrogen and oxygen atoms in total. The summed E-state index contributed by atoms with van der Waals surface area (Å²) in [5.74, 6) is -1.60. The highest BCUT2D eigenvalue weighted by Gasteiger charge is 2.31. The Labute approximate surface area is 102 Å². The van der Waals surface area contributed by atoms with E-state index in [1.165, 1.54) is 6.92 Å². The van der Waals surface area contributed by atoms with Gasteiger partial charge in [0.05, 0.1) is 5.56 Å². The molecule has 0 heterocycles. The zero-order chi connectivity index (χ0) is 12.5. The number of rotatable bonds is 2. The molecule has 1 N–H and O–H groups in total. The van der Waals surface area contributed by atoms with Crippen molar-refractivity contribution in [1.82, 2.24) is 0 Å². The number of hydrogen-bond acceptors (Lipinski definition) is 2. The smallest absolute Gasteiger partial charge is 0.478 e. The fourth-order valence-electron chi connectivity index (χ4n) is 1.18. The van der Waals surface area contributed by atoms with Gasteiger partial charge in [-0.1, -0.05) is 0 Å². The highest BCUT2D eigenvalue weighted by Crippen LogP contribution is 2.28. The maximum Gasteiger partial charge on any atom is 0.573 e. The van der Waals surface area contributed by atoms with Crippen LogP contribution in [0.1, 0.15) is 15.9 Å². The third kappa shape index (κ3) is 3.26. The predicted octanol–water partition coefficient (Wildman–Crippen LogP) is 3.20. The van der Waals surface area contributed by atoms with Crippen molar-refractivity contribution in [2.45, 2.75) is 13.3 Å². The molecular weight excluding hydrogens is 340 g/mol. The van der Waals surface area contributed by atoms with Crippen molar-refractivity contribution >= 4 is 28.6 Å². The second-order valence-corrected chi connectivity index (χ2v) is 4.11. The lowest BCUT2D eigenvalue weighted by Crippen LogP contribution is -2.17. The molecule has 1 aromatic rings. The average molecular weight is 346 g/mol. The summed E-state index contributed by atoms with van der Waals surface area (Å²) in [6, 6.07) is 2.07. The zero-order valence-corrected chi connectivity index (χ0v) is 10.1. The minimum atomic E-state index is -4.78. The van der Waals surface area contributed by atoms with Crippen LogP contribution in [0.25, 0.3) is 0 Å². The maximum absolute atomic E-state index is 11.9. The van der Waals surface area contributed by atoms with Crippen LogP contribution >= 0.6 is 22.6 Å². The minimum Gasteiger partial charge on any atom is -0.478 e. The number of carboxylic acid groups (broad SMARTS) is 1. The molecule has 1 rings (SSSR count). The molecule has 0 spiro atoms. The molecule has 1 aromatic carbocycles. The van der Waals surface area contributed by atoms with Crippen molar-refractivity contribution in [3.63, 3.8) is 0 Å². The normalized spacial score (nSPS) is 11.3. The molecule has 0 fully saturated rings. The zero-order valence-electron chi connectivity index (χ0n) is 7.93. The summed E-state index contributed by atoms with van der Waals surface area (Å²) in [6.07, 6.45) is -4.78. The van der Waals surface area contributed by atoms with Crippen LogP contribution in [-0.4, -0.2) is 17.4 Å². The summed E-state index contributed by atoms with van der Waals surface area (Å²) in [7, 11) is 0. The van der Waals surface area contributed by atoms with Crippen LogP contribution < -0.4 is 4.74 Å². The van der Waals surface area contributed by atoms with Gasteiger partial charge in [0, 0.05) is 3.57 Å². The number of benzene rings is 1. The summed E-state index contributed by atoms with van der Waals surface area (Å²) in [6.45, 7) is 1.41. The monoisotopic (exact) mass is 346 g/mol. The first-order chi connectivity index (χ1) is 7.20. The van der Waals surface area contributed by atoms with Gasteiger partial charge in [-0.15, -0.1) is 13.2 Å². The van der Waals surface area contributed by atoms with Gasteiger partial charge in [-0.05, 0) is 47.2 Å². The summed E-state index contributed by atoms with van der Waals surface area (Å²) < 4.78 is 39.7. The molecule has 0 aromatic heterocycles. The lowest BCUT2D eigenvalue weighted by molar-refractivity contribution is -0.274. The van der Waals surface area contributed by atoms with E-state index in [4.69, 9.17) is 5.11 Å². The molecule has 0 aliphatic rings. The molecule has 0 atom stereocenters. The SMILES string of the molecule is Cc1cc(OC(F)(F)F)cc(I)c1C(=O)O. The number of aromatic carboxylic acids is 1. The second-order valence-electron chi connectivity index (χ2n) is 2.95. The first-order valence-corrected chi connectivity index (χ1v) is 5.08. The Morgan fingerprint density at radius 3 is 2.38 bits per heavy atom. The molecule has 0 aliphatic heterocycles. The van der Waals surface area contributed by atoms with Gasteiger partial charge in [0.25, 0.3) is 0 Å². The molecule has 0 saturated carbocycles. The number of hydrogen-bond donors (Lipinski definition) is 1. The lowest BCUT2D eigenvalue weighted by atomic mass is 10.1. The van der Waals surface area contributed by atoms with Gasteiger partial charge < -0.3 is 9.84 Å². The Morgan fingerprint density at radius 1 is 1.44 bits per heavy atom. The largest absolute Gasteiger partial charge is 0.573 e. The third-order valence-corrected chi connectivity index (χ3v) is 2.56. The van der Waals surface area contributed by atoms with E-state index < -0.39 is 18.1 Å². The fraction of sp³-hybridized carbons (Fsp3) is 0.222. The quantitative estimate of drug-likeness (QED) is 0.837. The first kappa shape index (κ1) is 13.1. The van der Waals surface area contributed by atoms with Crippen molar-refractivity contribution in [1.29, 1.82) is 0 Å². The van der Waals surface area contributed by atoms with Gasteiger partial charge in [-0.2, -0.15) is 0 Å². The van der Waals surface area contributed by atoms with Crippen LogP contribution in [0.4, 0.5) is 13.2 Å². The van der Waals surface area contributed by atoms with E-state index in [1.54, 1.807) is 22.6 Å². The number of ether oxygens (including phenoxy) is 1. The van der Waals surface area contributed by atoms with Crippen LogP contribution in [0.5, 0.6) is 5.75 Å². The highest BCUT2D eigenvalue weighted by molar-refractivity contribution is 14.1. The fourth-order valence-corrected chi connectivity index (χ4v) is 2.14. The molecular formula is C9H6F3IO3. The highest BCUT2D eigenvalue weighted by atomic mass is 127. The second kappa shape index (κ2) is 4.48. The van der Waals surface area contributed by atoms with E-state index in [9.17, 15) is 18.0 Å². The summed E-state index contributed by atoms with van der Waals surface area (Å²) in [5, 5.41) is 8.80. The standard InChI is InChI=1S/C9H6F3IO3/c1-4-2-5(16-9(10,11)12)3-6(13)7(4)8(14)15/h2-3H,1H3,(H,14,15). The Morgan fingerprint density at radius 2 is 2.00 bits per heavy atom. The number of carboxylic acids is 1. The Bertz CT molecular complexity index is 405. The number of aryl methyl sites for hydroxylation is 1. The molecule has 0 amide bonds. The van der Waals surface area contributed by atoms with E-state index in [0.29, 0.717) is 0 Å². The molecule has 0 aliphatic carbocycles. The van der Waals surface area contributed by atoms with Gasteiger partial charge in [-0.25, -0.2) is 4.79 Å². The number of halogens is 4. The lowest BCUT2D eigenvalue weighted by Gasteiger charge is -2.11. The Balaban J connectivity index is 3.15. The molecule has 7 heteroatoms. The molecule has 0 radical (unpaired) electrons. The van der Waals surface area contributed by atoms with Crippen molar-refractivity contribution in [3.8, 4) is 5.75 Å².